The molecular weight excluding hydrogens is 302 g/mol. The Kier molecular flexibility index (Phi) is 3.77. The number of fused-ring (bicyclic) bond motifs is 1. The minimum atomic E-state index is -0.853. The summed E-state index contributed by atoms with van der Waals surface area (Å²) in [7, 11) is 0. The van der Waals surface area contributed by atoms with Gasteiger partial charge in [-0.2, -0.15) is 4.68 Å². The minimum Gasteiger partial charge on any atom is -0.332 e. The lowest BCUT2D eigenvalue weighted by Crippen LogP contribution is -2.29. The molecule has 1 amide bonds. The van der Waals surface area contributed by atoms with Crippen LogP contribution in [0.15, 0.2) is 30.3 Å². The van der Waals surface area contributed by atoms with Gasteiger partial charge in [-0.1, -0.05) is 23.4 Å². The molecule has 1 heterocycles. The van der Waals surface area contributed by atoms with Crippen molar-refractivity contribution in [2.24, 2.45) is 0 Å². The van der Waals surface area contributed by atoms with E-state index in [1.807, 2.05) is 32.0 Å². The van der Waals surface area contributed by atoms with Crippen LogP contribution >= 0.6 is 0 Å². The van der Waals surface area contributed by atoms with E-state index in [-0.39, 0.29) is 17.6 Å². The molecule has 2 aromatic carbocycles. The molecule has 0 fully saturated rings. The van der Waals surface area contributed by atoms with Gasteiger partial charge in [-0.25, -0.2) is 13.6 Å². The molecule has 0 bridgehead atoms. The van der Waals surface area contributed by atoms with Gasteiger partial charge in [0, 0.05) is 18.7 Å². The van der Waals surface area contributed by atoms with Crippen LogP contribution in [0.25, 0.3) is 11.0 Å². The first kappa shape index (κ1) is 15.1. The molecule has 3 aromatic rings. The molecule has 0 aliphatic heterocycles. The van der Waals surface area contributed by atoms with Gasteiger partial charge < -0.3 is 5.32 Å². The van der Waals surface area contributed by atoms with Crippen LogP contribution in [-0.2, 0) is 6.54 Å². The number of aryl methyl sites for hydroxylation is 2. The van der Waals surface area contributed by atoms with Gasteiger partial charge in [0.2, 0.25) is 0 Å². The maximum absolute atomic E-state index is 13.6. The third-order valence-corrected chi connectivity index (χ3v) is 3.72. The summed E-state index contributed by atoms with van der Waals surface area (Å²) in [5, 5.41) is 9.87. The number of aromatic nitrogens is 3. The first-order valence-corrected chi connectivity index (χ1v) is 7.01. The van der Waals surface area contributed by atoms with Gasteiger partial charge in [0.15, 0.2) is 5.82 Å². The van der Waals surface area contributed by atoms with Crippen LogP contribution in [0.4, 0.5) is 13.6 Å². The summed E-state index contributed by atoms with van der Waals surface area (Å²) in [6.45, 7) is 4.19. The van der Waals surface area contributed by atoms with E-state index in [2.05, 4.69) is 15.6 Å². The monoisotopic (exact) mass is 316 g/mol. The average Bonchev–Trinajstić information content (AvgIpc) is 2.90. The molecule has 0 spiro atoms. The van der Waals surface area contributed by atoms with Gasteiger partial charge in [-0.3, -0.25) is 0 Å². The van der Waals surface area contributed by atoms with E-state index in [1.54, 1.807) is 0 Å². The predicted octanol–water partition coefficient (Wildman–Crippen LogP) is 3.08. The van der Waals surface area contributed by atoms with Crippen molar-refractivity contribution in [1.82, 2.24) is 20.3 Å². The van der Waals surface area contributed by atoms with Crippen LogP contribution in [0, 0.1) is 25.5 Å². The molecular formula is C16H14F2N4O. The highest BCUT2D eigenvalue weighted by Crippen LogP contribution is 2.17. The number of carbonyl (C=O) groups is 1. The van der Waals surface area contributed by atoms with Crippen molar-refractivity contribution in [3.05, 3.63) is 58.7 Å². The van der Waals surface area contributed by atoms with Crippen molar-refractivity contribution >= 4 is 17.1 Å². The second-order valence-electron chi connectivity index (χ2n) is 5.29. The smallest absolute Gasteiger partial charge is 0.332 e. The predicted molar refractivity (Wildman–Crippen MR) is 81.0 cm³/mol. The van der Waals surface area contributed by atoms with Crippen molar-refractivity contribution in [3.63, 3.8) is 0 Å². The summed E-state index contributed by atoms with van der Waals surface area (Å²) >= 11 is 0. The number of nitrogens with zero attached hydrogens (tertiary/aromatic N) is 3. The molecule has 0 atom stereocenters. The first-order chi connectivity index (χ1) is 11.0. The van der Waals surface area contributed by atoms with E-state index in [0.29, 0.717) is 6.07 Å². The normalized spacial score (nSPS) is 11.0. The van der Waals surface area contributed by atoms with Crippen molar-refractivity contribution in [2.45, 2.75) is 20.4 Å². The number of nitrogens with one attached hydrogen (secondary N) is 1. The summed E-state index contributed by atoms with van der Waals surface area (Å²) < 4.78 is 27.8. The summed E-state index contributed by atoms with van der Waals surface area (Å²) in [4.78, 5) is 12.2. The number of carbonyl (C=O) groups excluding carboxylic acids is 1. The topological polar surface area (TPSA) is 59.8 Å². The molecule has 118 valence electrons. The molecule has 1 aromatic heterocycles. The van der Waals surface area contributed by atoms with Gasteiger partial charge in [-0.05, 0) is 30.5 Å². The first-order valence-electron chi connectivity index (χ1n) is 7.01. The minimum absolute atomic E-state index is 0.0125. The van der Waals surface area contributed by atoms with E-state index in [1.165, 1.54) is 0 Å². The number of halogens is 2. The molecule has 7 heteroatoms. The van der Waals surface area contributed by atoms with Gasteiger partial charge in [-0.15, -0.1) is 5.10 Å². The van der Waals surface area contributed by atoms with Crippen molar-refractivity contribution < 1.29 is 13.6 Å². The summed E-state index contributed by atoms with van der Waals surface area (Å²) in [5.74, 6) is -1.64. The Morgan fingerprint density at radius 2 is 1.91 bits per heavy atom. The molecule has 0 saturated heterocycles. The molecule has 0 saturated carbocycles. The van der Waals surface area contributed by atoms with E-state index < -0.39 is 17.7 Å². The van der Waals surface area contributed by atoms with Gasteiger partial charge >= 0.3 is 6.03 Å². The average molecular weight is 316 g/mol. The van der Waals surface area contributed by atoms with Crippen molar-refractivity contribution in [1.29, 1.82) is 0 Å². The number of hydrogen-bond acceptors (Lipinski definition) is 3. The molecule has 23 heavy (non-hydrogen) atoms. The molecule has 5 nitrogen and oxygen atoms in total. The van der Waals surface area contributed by atoms with Crippen LogP contribution in [0.2, 0.25) is 0 Å². The Bertz CT molecular complexity index is 884. The highest BCUT2D eigenvalue weighted by Gasteiger charge is 2.16. The Morgan fingerprint density at radius 3 is 2.61 bits per heavy atom. The lowest BCUT2D eigenvalue weighted by Gasteiger charge is -2.10. The molecule has 0 aliphatic carbocycles. The third kappa shape index (κ3) is 2.77. The van der Waals surface area contributed by atoms with E-state index >= 15 is 0 Å². The number of hydrogen-bond donors (Lipinski definition) is 1. The van der Waals surface area contributed by atoms with Crippen LogP contribution in [0.3, 0.4) is 0 Å². The summed E-state index contributed by atoms with van der Waals surface area (Å²) in [6.07, 6.45) is 0. The third-order valence-electron chi connectivity index (χ3n) is 3.72. The maximum atomic E-state index is 13.6. The summed E-state index contributed by atoms with van der Waals surface area (Å²) in [5.41, 5.74) is 2.93. The van der Waals surface area contributed by atoms with Crippen molar-refractivity contribution in [3.8, 4) is 0 Å². The fourth-order valence-corrected chi connectivity index (χ4v) is 2.47. The van der Waals surface area contributed by atoms with E-state index in [0.717, 1.165) is 27.4 Å². The Morgan fingerprint density at radius 1 is 1.22 bits per heavy atom. The lowest BCUT2D eigenvalue weighted by atomic mass is 10.0. The quantitative estimate of drug-likeness (QED) is 0.790. The second-order valence-corrected chi connectivity index (χ2v) is 5.29. The van der Waals surface area contributed by atoms with E-state index in [4.69, 9.17) is 0 Å². The lowest BCUT2D eigenvalue weighted by molar-refractivity contribution is 0.239. The fraction of sp³-hybridized carbons (Fsp3) is 0.188. The number of rotatable bonds is 2. The zero-order valence-corrected chi connectivity index (χ0v) is 12.6. The van der Waals surface area contributed by atoms with Gasteiger partial charge in [0.1, 0.15) is 16.9 Å². The highest BCUT2D eigenvalue weighted by molar-refractivity contribution is 5.87. The fourth-order valence-electron chi connectivity index (χ4n) is 2.47. The van der Waals surface area contributed by atoms with Crippen LogP contribution in [-0.4, -0.2) is 21.0 Å². The molecule has 1 N–H and O–H groups in total. The highest BCUT2D eigenvalue weighted by atomic mass is 19.1. The Hall–Kier alpha value is -2.83. The Labute approximate surface area is 130 Å². The van der Waals surface area contributed by atoms with Crippen LogP contribution in [0.5, 0.6) is 0 Å². The number of benzene rings is 2. The second kappa shape index (κ2) is 5.75. The Balaban J connectivity index is 1.87. The zero-order valence-electron chi connectivity index (χ0n) is 12.6. The molecule has 0 unspecified atom stereocenters. The standard InChI is InChI=1S/C16H14F2N4O/c1-9-4-3-5-10(2)12(9)8-19-16(23)22-14-7-11(17)6-13(18)15(14)20-21-22/h3-7H,8H2,1-2H3,(H,19,23). The SMILES string of the molecule is Cc1cccc(C)c1CNC(=O)n1nnc2c(F)cc(F)cc21. The summed E-state index contributed by atoms with van der Waals surface area (Å²) in [6, 6.07) is 6.97. The number of amides is 1. The molecule has 0 aliphatic rings. The van der Waals surface area contributed by atoms with E-state index in [9.17, 15) is 13.6 Å². The largest absolute Gasteiger partial charge is 0.344 e. The van der Waals surface area contributed by atoms with Crippen molar-refractivity contribution in [2.75, 3.05) is 0 Å². The van der Waals surface area contributed by atoms with Gasteiger partial charge in [0.05, 0.1) is 0 Å². The maximum Gasteiger partial charge on any atom is 0.344 e. The molecule has 0 radical (unpaired) electrons. The van der Waals surface area contributed by atoms with Gasteiger partial charge in [0.25, 0.3) is 0 Å². The van der Waals surface area contributed by atoms with Crippen LogP contribution in [0.1, 0.15) is 16.7 Å². The molecule has 3 rings (SSSR count). The van der Waals surface area contributed by atoms with Crippen LogP contribution < -0.4 is 5.32 Å². The zero-order chi connectivity index (χ0) is 16.6.